The fraction of sp³-hybridized carbons (Fsp3) is 0.389. The smallest absolute Gasteiger partial charge is 0.0411 e. The van der Waals surface area contributed by atoms with Gasteiger partial charge in [0.1, 0.15) is 0 Å². The summed E-state index contributed by atoms with van der Waals surface area (Å²) in [4.78, 5) is 4.28. The zero-order valence-electron chi connectivity index (χ0n) is 12.0. The van der Waals surface area contributed by atoms with Gasteiger partial charge in [0.15, 0.2) is 0 Å². The molecular weight excluding hydrogens is 244 g/mol. The molecule has 104 valence electrons. The predicted octanol–water partition coefficient (Wildman–Crippen LogP) is 3.90. The Balaban J connectivity index is 2.06. The second-order valence-electron chi connectivity index (χ2n) is 5.94. The largest absolute Gasteiger partial charge is 0.323 e. The van der Waals surface area contributed by atoms with E-state index in [9.17, 15) is 0 Å². The van der Waals surface area contributed by atoms with Crippen LogP contribution in [-0.4, -0.2) is 4.98 Å². The van der Waals surface area contributed by atoms with Gasteiger partial charge in [-0.1, -0.05) is 43.2 Å². The van der Waals surface area contributed by atoms with Crippen molar-refractivity contribution in [2.45, 2.75) is 44.1 Å². The van der Waals surface area contributed by atoms with E-state index >= 15 is 0 Å². The number of aromatic nitrogens is 1. The Morgan fingerprint density at radius 1 is 1.10 bits per heavy atom. The van der Waals surface area contributed by atoms with Crippen molar-refractivity contribution in [1.29, 1.82) is 0 Å². The van der Waals surface area contributed by atoms with Gasteiger partial charge in [0.2, 0.25) is 0 Å². The zero-order chi connectivity index (χ0) is 14.0. The third-order valence-corrected chi connectivity index (χ3v) is 4.85. The highest BCUT2D eigenvalue weighted by Gasteiger charge is 2.42. The van der Waals surface area contributed by atoms with Gasteiger partial charge in [0, 0.05) is 23.9 Å². The standard InChI is InChI=1S/C18H22N2/c1-14-9-12-20-13-16(14)17(19)18(10-5-6-11-18)15-7-3-2-4-8-15/h2-4,7-9,12-13,17H,5-6,10-11,19H2,1H3. The van der Waals surface area contributed by atoms with E-state index in [2.05, 4.69) is 48.3 Å². The van der Waals surface area contributed by atoms with E-state index in [-0.39, 0.29) is 11.5 Å². The second kappa shape index (κ2) is 5.37. The summed E-state index contributed by atoms with van der Waals surface area (Å²) < 4.78 is 0. The van der Waals surface area contributed by atoms with Crippen molar-refractivity contribution in [3.63, 3.8) is 0 Å². The van der Waals surface area contributed by atoms with Crippen LogP contribution < -0.4 is 5.73 Å². The number of pyridine rings is 1. The highest BCUT2D eigenvalue weighted by Crippen LogP contribution is 2.48. The molecule has 1 aromatic heterocycles. The average Bonchev–Trinajstić information content (AvgIpc) is 2.99. The Morgan fingerprint density at radius 2 is 1.80 bits per heavy atom. The molecule has 1 atom stereocenters. The first-order chi connectivity index (χ1) is 9.74. The van der Waals surface area contributed by atoms with Gasteiger partial charge in [0.25, 0.3) is 0 Å². The van der Waals surface area contributed by atoms with Gasteiger partial charge in [0.05, 0.1) is 0 Å². The van der Waals surface area contributed by atoms with Crippen molar-refractivity contribution in [3.05, 3.63) is 65.5 Å². The highest BCUT2D eigenvalue weighted by atomic mass is 14.7. The number of hydrogen-bond acceptors (Lipinski definition) is 2. The summed E-state index contributed by atoms with van der Waals surface area (Å²) in [5.41, 5.74) is 10.6. The SMILES string of the molecule is Cc1ccncc1C(N)C1(c2ccccc2)CCCC1. The lowest BCUT2D eigenvalue weighted by Gasteiger charge is -2.36. The summed E-state index contributed by atoms with van der Waals surface area (Å²) in [6.45, 7) is 2.13. The number of rotatable bonds is 3. The average molecular weight is 266 g/mol. The molecule has 2 N–H and O–H groups in total. The molecule has 2 aromatic rings. The Labute approximate surface area is 121 Å². The van der Waals surface area contributed by atoms with Crippen LogP contribution in [0.25, 0.3) is 0 Å². The molecule has 1 aromatic carbocycles. The predicted molar refractivity (Wildman–Crippen MR) is 82.5 cm³/mol. The lowest BCUT2D eigenvalue weighted by atomic mass is 9.70. The molecule has 0 amide bonds. The van der Waals surface area contributed by atoms with E-state index in [1.807, 2.05) is 12.4 Å². The Bertz CT molecular complexity index is 571. The van der Waals surface area contributed by atoms with Gasteiger partial charge in [-0.3, -0.25) is 4.98 Å². The van der Waals surface area contributed by atoms with Gasteiger partial charge in [-0.2, -0.15) is 0 Å². The zero-order valence-corrected chi connectivity index (χ0v) is 12.0. The Hall–Kier alpha value is -1.67. The van der Waals surface area contributed by atoms with Gasteiger partial charge < -0.3 is 5.73 Å². The molecule has 20 heavy (non-hydrogen) atoms. The maximum absolute atomic E-state index is 6.73. The minimum Gasteiger partial charge on any atom is -0.323 e. The Morgan fingerprint density at radius 3 is 2.45 bits per heavy atom. The number of aryl methyl sites for hydroxylation is 1. The van der Waals surface area contributed by atoms with E-state index in [4.69, 9.17) is 5.73 Å². The first-order valence-corrected chi connectivity index (χ1v) is 7.46. The normalized spacial score (nSPS) is 18.9. The lowest BCUT2D eigenvalue weighted by molar-refractivity contribution is 0.355. The molecule has 0 bridgehead atoms. The first-order valence-electron chi connectivity index (χ1n) is 7.46. The van der Waals surface area contributed by atoms with Crippen LogP contribution >= 0.6 is 0 Å². The van der Waals surface area contributed by atoms with Crippen LogP contribution in [0.15, 0.2) is 48.8 Å². The van der Waals surface area contributed by atoms with Crippen LogP contribution in [0, 0.1) is 6.92 Å². The van der Waals surface area contributed by atoms with Gasteiger partial charge in [-0.25, -0.2) is 0 Å². The molecule has 0 aliphatic heterocycles. The molecule has 2 nitrogen and oxygen atoms in total. The number of benzene rings is 1. The van der Waals surface area contributed by atoms with Crippen LogP contribution in [-0.2, 0) is 5.41 Å². The van der Waals surface area contributed by atoms with Crippen molar-refractivity contribution >= 4 is 0 Å². The molecule has 2 heteroatoms. The summed E-state index contributed by atoms with van der Waals surface area (Å²) >= 11 is 0. The summed E-state index contributed by atoms with van der Waals surface area (Å²) in [5.74, 6) is 0. The van der Waals surface area contributed by atoms with Crippen LogP contribution in [0.3, 0.4) is 0 Å². The molecule has 1 heterocycles. The van der Waals surface area contributed by atoms with E-state index in [0.717, 1.165) is 0 Å². The molecular formula is C18H22N2. The molecule has 0 spiro atoms. The number of hydrogen-bond donors (Lipinski definition) is 1. The quantitative estimate of drug-likeness (QED) is 0.915. The van der Waals surface area contributed by atoms with Gasteiger partial charge >= 0.3 is 0 Å². The van der Waals surface area contributed by atoms with Crippen molar-refractivity contribution in [1.82, 2.24) is 4.98 Å². The summed E-state index contributed by atoms with van der Waals surface area (Å²) in [5, 5.41) is 0. The molecule has 1 fully saturated rings. The maximum atomic E-state index is 6.73. The van der Waals surface area contributed by atoms with E-state index in [0.29, 0.717) is 0 Å². The fourth-order valence-corrected chi connectivity index (χ4v) is 3.65. The number of nitrogens with two attached hydrogens (primary N) is 1. The molecule has 1 aliphatic carbocycles. The van der Waals surface area contributed by atoms with Crippen molar-refractivity contribution in [2.75, 3.05) is 0 Å². The molecule has 1 aliphatic rings. The summed E-state index contributed by atoms with van der Waals surface area (Å²) in [6, 6.07) is 12.9. The third kappa shape index (κ3) is 2.14. The van der Waals surface area contributed by atoms with Crippen molar-refractivity contribution in [3.8, 4) is 0 Å². The van der Waals surface area contributed by atoms with E-state index in [1.165, 1.54) is 42.4 Å². The molecule has 1 saturated carbocycles. The minimum atomic E-state index is 0.0288. The van der Waals surface area contributed by atoms with Crippen LogP contribution in [0.1, 0.15) is 48.4 Å². The van der Waals surface area contributed by atoms with Crippen molar-refractivity contribution < 1.29 is 0 Å². The van der Waals surface area contributed by atoms with Crippen molar-refractivity contribution in [2.24, 2.45) is 5.73 Å². The van der Waals surface area contributed by atoms with Gasteiger partial charge in [-0.15, -0.1) is 0 Å². The minimum absolute atomic E-state index is 0.0288. The Kier molecular flexibility index (Phi) is 3.58. The molecule has 1 unspecified atom stereocenters. The maximum Gasteiger partial charge on any atom is 0.0411 e. The first kappa shape index (κ1) is 13.3. The van der Waals surface area contributed by atoms with Gasteiger partial charge in [-0.05, 0) is 42.5 Å². The van der Waals surface area contributed by atoms with Crippen LogP contribution in [0.2, 0.25) is 0 Å². The third-order valence-electron chi connectivity index (χ3n) is 4.85. The topological polar surface area (TPSA) is 38.9 Å². The molecule has 0 radical (unpaired) electrons. The lowest BCUT2D eigenvalue weighted by Crippen LogP contribution is -2.36. The van der Waals surface area contributed by atoms with Crippen LogP contribution in [0.5, 0.6) is 0 Å². The highest BCUT2D eigenvalue weighted by molar-refractivity contribution is 5.36. The van der Waals surface area contributed by atoms with Crippen LogP contribution in [0.4, 0.5) is 0 Å². The van der Waals surface area contributed by atoms with E-state index < -0.39 is 0 Å². The number of nitrogens with zero attached hydrogens (tertiary/aromatic N) is 1. The fourth-order valence-electron chi connectivity index (χ4n) is 3.65. The second-order valence-corrected chi connectivity index (χ2v) is 5.94. The van der Waals surface area contributed by atoms with E-state index in [1.54, 1.807) is 0 Å². The molecule has 3 rings (SSSR count). The summed E-state index contributed by atoms with van der Waals surface area (Å²) in [7, 11) is 0. The monoisotopic (exact) mass is 266 g/mol. The summed E-state index contributed by atoms with van der Waals surface area (Å²) in [6.07, 6.45) is 8.67. The molecule has 0 saturated heterocycles.